The third kappa shape index (κ3) is 2.80. The minimum absolute atomic E-state index is 0.00940. The van der Waals surface area contributed by atoms with Crippen LogP contribution in [0, 0.1) is 0 Å². The van der Waals surface area contributed by atoms with Crippen molar-refractivity contribution in [3.8, 4) is 0 Å². The lowest BCUT2D eigenvalue weighted by Gasteiger charge is -2.30. The number of hydrogen-bond acceptors (Lipinski definition) is 4. The van der Waals surface area contributed by atoms with Crippen LogP contribution >= 0.6 is 0 Å². The van der Waals surface area contributed by atoms with Crippen LogP contribution in [0.4, 0.5) is 0 Å². The number of carbonyl (C=O) groups is 1. The average molecular weight is 314 g/mol. The summed E-state index contributed by atoms with van der Waals surface area (Å²) in [5, 5.41) is 4.32. The van der Waals surface area contributed by atoms with Crippen molar-refractivity contribution in [1.82, 2.24) is 10.1 Å². The first-order valence-corrected chi connectivity index (χ1v) is 8.63. The summed E-state index contributed by atoms with van der Waals surface area (Å²) in [6.45, 7) is 1.50. The topological polar surface area (TPSA) is 59.5 Å². The maximum Gasteiger partial charge on any atom is 0.289 e. The summed E-state index contributed by atoms with van der Waals surface area (Å²) < 4.78 is 10.9. The monoisotopic (exact) mass is 314 g/mol. The van der Waals surface area contributed by atoms with E-state index in [2.05, 4.69) is 5.16 Å². The van der Waals surface area contributed by atoms with E-state index >= 15 is 0 Å². The molecule has 5 heteroatoms. The third-order valence-electron chi connectivity index (χ3n) is 5.13. The molecular formula is C18H22N2O3. The fraction of sp³-hybridized carbons (Fsp3) is 0.556. The van der Waals surface area contributed by atoms with Crippen LogP contribution in [0.1, 0.15) is 65.6 Å². The highest BCUT2D eigenvalue weighted by molar-refractivity contribution is 5.91. The molecule has 0 atom stereocenters. The first-order valence-electron chi connectivity index (χ1n) is 8.63. The molecule has 0 radical (unpaired) electrons. The Kier molecular flexibility index (Phi) is 3.93. The van der Waals surface area contributed by atoms with Gasteiger partial charge < -0.3 is 13.8 Å². The van der Waals surface area contributed by atoms with Crippen molar-refractivity contribution in [2.45, 2.75) is 50.9 Å². The Morgan fingerprint density at radius 1 is 1.17 bits per heavy atom. The summed E-state index contributed by atoms with van der Waals surface area (Å²) in [5.41, 5.74) is 2.53. The molecule has 2 aromatic rings. The largest absolute Gasteiger partial charge is 0.459 e. The van der Waals surface area contributed by atoms with Gasteiger partial charge in [0.25, 0.3) is 5.91 Å². The highest BCUT2D eigenvalue weighted by Gasteiger charge is 2.30. The van der Waals surface area contributed by atoms with Crippen LogP contribution in [-0.2, 0) is 12.8 Å². The lowest BCUT2D eigenvalue weighted by molar-refractivity contribution is 0.0673. The van der Waals surface area contributed by atoms with E-state index in [4.69, 9.17) is 8.94 Å². The molecule has 1 aliphatic carbocycles. The number of hydrogen-bond donors (Lipinski definition) is 0. The summed E-state index contributed by atoms with van der Waals surface area (Å²) in [4.78, 5) is 14.2. The predicted octanol–water partition coefficient (Wildman–Crippen LogP) is 3.56. The molecule has 0 saturated carbocycles. The molecule has 2 aliphatic rings. The maximum absolute atomic E-state index is 12.3. The first-order chi connectivity index (χ1) is 11.3. The van der Waals surface area contributed by atoms with Crippen molar-refractivity contribution in [2.75, 3.05) is 13.1 Å². The highest BCUT2D eigenvalue weighted by atomic mass is 16.5. The number of fused-ring (bicyclic) bond motifs is 1. The molecule has 0 bridgehead atoms. The highest BCUT2D eigenvalue weighted by Crippen LogP contribution is 2.34. The second kappa shape index (κ2) is 6.22. The lowest BCUT2D eigenvalue weighted by Crippen LogP contribution is -2.37. The van der Waals surface area contributed by atoms with E-state index in [0.717, 1.165) is 44.5 Å². The predicted molar refractivity (Wildman–Crippen MR) is 84.3 cm³/mol. The van der Waals surface area contributed by atoms with Gasteiger partial charge >= 0.3 is 0 Å². The Balaban J connectivity index is 1.44. The van der Waals surface area contributed by atoms with E-state index in [9.17, 15) is 4.79 Å². The Morgan fingerprint density at radius 3 is 2.78 bits per heavy atom. The standard InChI is InChI=1S/C18H22N2O3/c21-18(16-7-4-12-22-16)20-10-8-13(9-11-20)17-14-5-2-1-3-6-15(14)19-23-17/h4,7,12-13H,1-3,5-6,8-11H2. The number of aromatic nitrogens is 1. The summed E-state index contributed by atoms with van der Waals surface area (Å²) in [6.07, 6.45) is 9.30. The van der Waals surface area contributed by atoms with E-state index in [1.807, 2.05) is 4.90 Å². The van der Waals surface area contributed by atoms with Gasteiger partial charge in [0, 0.05) is 24.6 Å². The van der Waals surface area contributed by atoms with Crippen LogP contribution in [0.25, 0.3) is 0 Å². The smallest absolute Gasteiger partial charge is 0.289 e. The number of carbonyl (C=O) groups excluding carboxylic acids is 1. The van der Waals surface area contributed by atoms with E-state index in [1.165, 1.54) is 30.5 Å². The first kappa shape index (κ1) is 14.5. The van der Waals surface area contributed by atoms with Crippen LogP contribution in [0.3, 0.4) is 0 Å². The molecule has 1 amide bonds. The van der Waals surface area contributed by atoms with Gasteiger partial charge in [-0.3, -0.25) is 4.79 Å². The van der Waals surface area contributed by atoms with E-state index in [-0.39, 0.29) is 5.91 Å². The molecule has 2 aromatic heterocycles. The van der Waals surface area contributed by atoms with E-state index in [0.29, 0.717) is 11.7 Å². The lowest BCUT2D eigenvalue weighted by atomic mass is 9.90. The minimum Gasteiger partial charge on any atom is -0.459 e. The number of piperidine rings is 1. The molecule has 0 unspecified atom stereocenters. The van der Waals surface area contributed by atoms with Crippen molar-refractivity contribution in [1.29, 1.82) is 0 Å². The number of nitrogens with zero attached hydrogens (tertiary/aromatic N) is 2. The molecule has 1 fully saturated rings. The molecule has 1 saturated heterocycles. The van der Waals surface area contributed by atoms with Gasteiger partial charge in [-0.05, 0) is 50.7 Å². The van der Waals surface area contributed by atoms with Crippen LogP contribution in [0.15, 0.2) is 27.3 Å². The second-order valence-corrected chi connectivity index (χ2v) is 6.58. The molecule has 0 N–H and O–H groups in total. The van der Waals surface area contributed by atoms with Gasteiger partial charge in [0.1, 0.15) is 5.76 Å². The zero-order valence-corrected chi connectivity index (χ0v) is 13.3. The molecule has 1 aliphatic heterocycles. The SMILES string of the molecule is O=C(c1ccco1)N1CCC(c2onc3c2CCCCC3)CC1. The molecule has 0 spiro atoms. The summed E-state index contributed by atoms with van der Waals surface area (Å²) >= 11 is 0. The van der Waals surface area contributed by atoms with Crippen LogP contribution in [-0.4, -0.2) is 29.1 Å². The van der Waals surface area contributed by atoms with Gasteiger partial charge in [-0.1, -0.05) is 11.6 Å². The zero-order valence-electron chi connectivity index (χ0n) is 13.3. The number of furan rings is 1. The number of rotatable bonds is 2. The summed E-state index contributed by atoms with van der Waals surface area (Å²) in [5.74, 6) is 1.90. The molecular weight excluding hydrogens is 292 g/mol. The van der Waals surface area contributed by atoms with Gasteiger partial charge in [-0.15, -0.1) is 0 Å². The van der Waals surface area contributed by atoms with Crippen molar-refractivity contribution in [2.24, 2.45) is 0 Å². The van der Waals surface area contributed by atoms with E-state index in [1.54, 1.807) is 18.4 Å². The van der Waals surface area contributed by atoms with Gasteiger partial charge in [-0.2, -0.15) is 0 Å². The summed E-state index contributed by atoms with van der Waals surface area (Å²) in [7, 11) is 0. The van der Waals surface area contributed by atoms with Crippen molar-refractivity contribution < 1.29 is 13.7 Å². The Hall–Kier alpha value is -2.04. The van der Waals surface area contributed by atoms with Crippen molar-refractivity contribution in [3.63, 3.8) is 0 Å². The number of likely N-dealkylation sites (tertiary alicyclic amines) is 1. The Labute approximate surface area is 135 Å². The molecule has 122 valence electrons. The van der Waals surface area contributed by atoms with E-state index < -0.39 is 0 Å². The van der Waals surface area contributed by atoms with Crippen molar-refractivity contribution in [3.05, 3.63) is 41.2 Å². The average Bonchev–Trinajstić information content (AvgIpc) is 3.20. The number of aryl methyl sites for hydroxylation is 1. The fourth-order valence-corrected chi connectivity index (χ4v) is 3.81. The third-order valence-corrected chi connectivity index (χ3v) is 5.13. The van der Waals surface area contributed by atoms with Crippen LogP contribution < -0.4 is 0 Å². The number of amides is 1. The quantitative estimate of drug-likeness (QED) is 0.795. The van der Waals surface area contributed by atoms with Gasteiger partial charge in [0.05, 0.1) is 12.0 Å². The van der Waals surface area contributed by atoms with Crippen LogP contribution in [0.5, 0.6) is 0 Å². The Morgan fingerprint density at radius 2 is 2.00 bits per heavy atom. The van der Waals surface area contributed by atoms with Crippen LogP contribution in [0.2, 0.25) is 0 Å². The molecule has 3 heterocycles. The Bertz CT molecular complexity index is 667. The molecule has 4 rings (SSSR count). The minimum atomic E-state index is -0.00940. The fourth-order valence-electron chi connectivity index (χ4n) is 3.81. The molecule has 5 nitrogen and oxygen atoms in total. The second-order valence-electron chi connectivity index (χ2n) is 6.58. The van der Waals surface area contributed by atoms with Gasteiger partial charge in [-0.25, -0.2) is 0 Å². The van der Waals surface area contributed by atoms with Crippen molar-refractivity contribution >= 4 is 5.91 Å². The maximum atomic E-state index is 12.3. The van der Waals surface area contributed by atoms with Gasteiger partial charge in [0.15, 0.2) is 5.76 Å². The van der Waals surface area contributed by atoms with Gasteiger partial charge in [0.2, 0.25) is 0 Å². The molecule has 23 heavy (non-hydrogen) atoms. The summed E-state index contributed by atoms with van der Waals surface area (Å²) in [6, 6.07) is 3.48. The molecule has 0 aromatic carbocycles. The normalized spacial score (nSPS) is 19.4. The zero-order chi connectivity index (χ0) is 15.6.